The van der Waals surface area contributed by atoms with Gasteiger partial charge in [-0.3, -0.25) is 4.79 Å². The van der Waals surface area contributed by atoms with Crippen LogP contribution in [0, 0.1) is 11.6 Å². The number of hydrogen-bond acceptors (Lipinski definition) is 5. The average Bonchev–Trinajstić information content (AvgIpc) is 3.13. The standard InChI is InChI=1S/C17H13F2N3O3/c18-11-3-4-12(13(19)10-11)17(23)20-7-9-25-16-6-5-14(21-22-16)15-2-1-8-24-15/h1-6,8,10H,7,9H2,(H,20,23). The molecule has 0 aliphatic heterocycles. The van der Waals surface area contributed by atoms with Gasteiger partial charge >= 0.3 is 0 Å². The largest absolute Gasteiger partial charge is 0.475 e. The van der Waals surface area contributed by atoms with Crippen molar-refractivity contribution >= 4 is 5.91 Å². The highest BCUT2D eigenvalue weighted by atomic mass is 19.1. The summed E-state index contributed by atoms with van der Waals surface area (Å²) in [4.78, 5) is 11.8. The van der Waals surface area contributed by atoms with Crippen molar-refractivity contribution in [2.75, 3.05) is 13.2 Å². The summed E-state index contributed by atoms with van der Waals surface area (Å²) in [5.41, 5.74) is 0.335. The second-order valence-corrected chi connectivity index (χ2v) is 4.96. The van der Waals surface area contributed by atoms with Gasteiger partial charge in [-0.05, 0) is 30.3 Å². The molecule has 2 heterocycles. The van der Waals surface area contributed by atoms with Gasteiger partial charge in [0, 0.05) is 12.1 Å². The number of benzene rings is 1. The summed E-state index contributed by atoms with van der Waals surface area (Å²) in [5.74, 6) is -1.45. The number of aromatic nitrogens is 2. The second kappa shape index (κ2) is 7.52. The van der Waals surface area contributed by atoms with E-state index in [0.29, 0.717) is 17.5 Å². The van der Waals surface area contributed by atoms with Crippen LogP contribution < -0.4 is 10.1 Å². The van der Waals surface area contributed by atoms with Gasteiger partial charge in [-0.2, -0.15) is 0 Å². The first kappa shape index (κ1) is 16.6. The third kappa shape index (κ3) is 4.17. The molecular weight excluding hydrogens is 332 g/mol. The van der Waals surface area contributed by atoms with Crippen molar-refractivity contribution in [1.82, 2.24) is 15.5 Å². The fraction of sp³-hybridized carbons (Fsp3) is 0.118. The number of hydrogen-bond donors (Lipinski definition) is 1. The molecule has 0 bridgehead atoms. The summed E-state index contributed by atoms with van der Waals surface area (Å²) in [6.45, 7) is 0.237. The first-order chi connectivity index (χ1) is 12.1. The van der Waals surface area contributed by atoms with E-state index in [9.17, 15) is 13.6 Å². The van der Waals surface area contributed by atoms with Gasteiger partial charge in [0.2, 0.25) is 5.88 Å². The maximum atomic E-state index is 13.5. The molecule has 0 spiro atoms. The number of rotatable bonds is 6. The number of carbonyl (C=O) groups is 1. The Morgan fingerprint density at radius 2 is 2.04 bits per heavy atom. The normalized spacial score (nSPS) is 10.5. The highest BCUT2D eigenvalue weighted by Gasteiger charge is 2.12. The Morgan fingerprint density at radius 1 is 1.16 bits per heavy atom. The van der Waals surface area contributed by atoms with Gasteiger partial charge in [0.05, 0.1) is 18.4 Å². The monoisotopic (exact) mass is 345 g/mol. The maximum Gasteiger partial charge on any atom is 0.254 e. The molecular formula is C17H13F2N3O3. The van der Waals surface area contributed by atoms with Crippen LogP contribution in [-0.4, -0.2) is 29.3 Å². The first-order valence-electron chi connectivity index (χ1n) is 7.37. The van der Waals surface area contributed by atoms with Crippen LogP contribution in [-0.2, 0) is 0 Å². The highest BCUT2D eigenvalue weighted by Crippen LogP contribution is 2.17. The number of furan rings is 1. The average molecular weight is 345 g/mol. The molecule has 0 aliphatic carbocycles. The van der Waals surface area contributed by atoms with Crippen molar-refractivity contribution in [1.29, 1.82) is 0 Å². The number of carbonyl (C=O) groups excluding carboxylic acids is 1. The zero-order chi connectivity index (χ0) is 17.6. The molecule has 0 fully saturated rings. The lowest BCUT2D eigenvalue weighted by Crippen LogP contribution is -2.29. The molecule has 0 saturated heterocycles. The van der Waals surface area contributed by atoms with Gasteiger partial charge in [-0.15, -0.1) is 10.2 Å². The number of nitrogens with zero attached hydrogens (tertiary/aromatic N) is 2. The van der Waals surface area contributed by atoms with Crippen LogP contribution in [0.3, 0.4) is 0 Å². The van der Waals surface area contributed by atoms with E-state index in [4.69, 9.17) is 9.15 Å². The Balaban J connectivity index is 1.47. The van der Waals surface area contributed by atoms with E-state index in [0.717, 1.165) is 12.1 Å². The molecule has 0 saturated carbocycles. The van der Waals surface area contributed by atoms with E-state index in [2.05, 4.69) is 15.5 Å². The Morgan fingerprint density at radius 3 is 2.72 bits per heavy atom. The van der Waals surface area contributed by atoms with Crippen molar-refractivity contribution in [2.24, 2.45) is 0 Å². The van der Waals surface area contributed by atoms with Crippen molar-refractivity contribution in [2.45, 2.75) is 0 Å². The molecule has 0 radical (unpaired) electrons. The van der Waals surface area contributed by atoms with E-state index >= 15 is 0 Å². The van der Waals surface area contributed by atoms with Crippen LogP contribution in [0.2, 0.25) is 0 Å². The van der Waals surface area contributed by atoms with Crippen LogP contribution in [0.1, 0.15) is 10.4 Å². The summed E-state index contributed by atoms with van der Waals surface area (Å²) in [6.07, 6.45) is 1.54. The zero-order valence-corrected chi connectivity index (χ0v) is 12.9. The van der Waals surface area contributed by atoms with Crippen LogP contribution in [0.4, 0.5) is 8.78 Å². The molecule has 1 aromatic carbocycles. The van der Waals surface area contributed by atoms with E-state index in [-0.39, 0.29) is 24.6 Å². The molecule has 3 rings (SSSR count). The predicted octanol–water partition coefficient (Wildman–Crippen LogP) is 2.82. The predicted molar refractivity (Wildman–Crippen MR) is 83.9 cm³/mol. The first-order valence-corrected chi connectivity index (χ1v) is 7.37. The lowest BCUT2D eigenvalue weighted by Gasteiger charge is -2.07. The molecule has 1 amide bonds. The third-order valence-electron chi connectivity index (χ3n) is 3.23. The molecule has 8 heteroatoms. The Hall–Kier alpha value is -3.29. The van der Waals surface area contributed by atoms with Crippen LogP contribution in [0.25, 0.3) is 11.5 Å². The highest BCUT2D eigenvalue weighted by molar-refractivity contribution is 5.94. The van der Waals surface area contributed by atoms with Crippen molar-refractivity contribution < 1.29 is 22.7 Å². The van der Waals surface area contributed by atoms with Crippen LogP contribution in [0.15, 0.2) is 53.1 Å². The molecule has 128 valence electrons. The van der Waals surface area contributed by atoms with Gasteiger partial charge in [0.25, 0.3) is 5.91 Å². The third-order valence-corrected chi connectivity index (χ3v) is 3.23. The van der Waals surface area contributed by atoms with Gasteiger partial charge < -0.3 is 14.5 Å². The summed E-state index contributed by atoms with van der Waals surface area (Å²) in [7, 11) is 0. The number of amides is 1. The summed E-state index contributed by atoms with van der Waals surface area (Å²) >= 11 is 0. The second-order valence-electron chi connectivity index (χ2n) is 4.96. The quantitative estimate of drug-likeness (QED) is 0.695. The SMILES string of the molecule is O=C(NCCOc1ccc(-c2ccco2)nn1)c1ccc(F)cc1F. The van der Waals surface area contributed by atoms with Crippen molar-refractivity contribution in [3.05, 3.63) is 65.9 Å². The molecule has 0 unspecified atom stereocenters. The minimum atomic E-state index is -0.919. The van der Waals surface area contributed by atoms with Crippen LogP contribution >= 0.6 is 0 Å². The molecule has 25 heavy (non-hydrogen) atoms. The van der Waals surface area contributed by atoms with E-state index < -0.39 is 17.5 Å². The van der Waals surface area contributed by atoms with Crippen molar-refractivity contribution in [3.63, 3.8) is 0 Å². The summed E-state index contributed by atoms with van der Waals surface area (Å²) in [6, 6.07) is 9.56. The minimum Gasteiger partial charge on any atom is -0.475 e. The van der Waals surface area contributed by atoms with Crippen LogP contribution in [0.5, 0.6) is 5.88 Å². The van der Waals surface area contributed by atoms with Gasteiger partial charge in [-0.25, -0.2) is 8.78 Å². The fourth-order valence-corrected chi connectivity index (χ4v) is 2.04. The summed E-state index contributed by atoms with van der Waals surface area (Å²) in [5, 5.41) is 10.3. The van der Waals surface area contributed by atoms with E-state index in [1.807, 2.05) is 0 Å². The topological polar surface area (TPSA) is 77.2 Å². The smallest absolute Gasteiger partial charge is 0.254 e. The molecule has 3 aromatic rings. The Bertz CT molecular complexity index is 852. The number of halogens is 2. The molecule has 0 atom stereocenters. The number of nitrogens with one attached hydrogen (secondary N) is 1. The van der Waals surface area contributed by atoms with E-state index in [1.165, 1.54) is 6.26 Å². The molecule has 2 aromatic heterocycles. The Labute approximate surface area is 141 Å². The number of ether oxygens (including phenoxy) is 1. The fourth-order valence-electron chi connectivity index (χ4n) is 2.04. The Kier molecular flexibility index (Phi) is 4.98. The van der Waals surface area contributed by atoms with Gasteiger partial charge in [0.15, 0.2) is 5.76 Å². The molecule has 6 nitrogen and oxygen atoms in total. The summed E-state index contributed by atoms with van der Waals surface area (Å²) < 4.78 is 36.8. The van der Waals surface area contributed by atoms with Crippen molar-refractivity contribution in [3.8, 4) is 17.3 Å². The lowest BCUT2D eigenvalue weighted by molar-refractivity contribution is 0.0942. The van der Waals surface area contributed by atoms with Gasteiger partial charge in [-0.1, -0.05) is 0 Å². The minimum absolute atomic E-state index is 0.114. The lowest BCUT2D eigenvalue weighted by atomic mass is 10.2. The maximum absolute atomic E-state index is 13.5. The molecule has 1 N–H and O–H groups in total. The zero-order valence-electron chi connectivity index (χ0n) is 12.9. The molecule has 0 aliphatic rings. The van der Waals surface area contributed by atoms with E-state index in [1.54, 1.807) is 24.3 Å². The van der Waals surface area contributed by atoms with Gasteiger partial charge in [0.1, 0.15) is 23.9 Å².